The predicted molar refractivity (Wildman–Crippen MR) is 74.0 cm³/mol. The molecule has 0 atom stereocenters. The van der Waals surface area contributed by atoms with E-state index in [1.165, 1.54) is 38.2 Å². The predicted octanol–water partition coefficient (Wildman–Crippen LogP) is 3.76. The van der Waals surface area contributed by atoms with Crippen molar-refractivity contribution in [2.24, 2.45) is 5.41 Å². The lowest BCUT2D eigenvalue weighted by molar-refractivity contribution is 0.207. The fourth-order valence-electron chi connectivity index (χ4n) is 2.84. The maximum Gasteiger partial charge on any atom is 0.129 e. The molecule has 1 saturated carbocycles. The van der Waals surface area contributed by atoms with Gasteiger partial charge in [-0.2, -0.15) is 5.26 Å². The van der Waals surface area contributed by atoms with Crippen molar-refractivity contribution in [3.63, 3.8) is 0 Å². The van der Waals surface area contributed by atoms with Crippen molar-refractivity contribution in [3.8, 4) is 6.07 Å². The van der Waals surface area contributed by atoms with Crippen LogP contribution in [0.3, 0.4) is 0 Å². The molecule has 3 heteroatoms. The number of nitriles is 1. The molecule has 2 nitrogen and oxygen atoms in total. The van der Waals surface area contributed by atoms with Gasteiger partial charge < -0.3 is 5.32 Å². The van der Waals surface area contributed by atoms with Crippen LogP contribution in [0.15, 0.2) is 18.2 Å². The zero-order chi connectivity index (χ0) is 13.7. The standard InChI is InChI=1S/C16H21FN2/c1-16(7-3-2-4-8-16)12-19-11-14-6-5-13(10-18)9-15(14)17/h5-6,9,19H,2-4,7-8,11-12H2,1H3. The zero-order valence-electron chi connectivity index (χ0n) is 11.5. The van der Waals surface area contributed by atoms with Crippen molar-refractivity contribution < 1.29 is 4.39 Å². The molecule has 0 bridgehead atoms. The Bertz CT molecular complexity index is 470. The van der Waals surface area contributed by atoms with Crippen LogP contribution in [0.4, 0.5) is 4.39 Å². The zero-order valence-corrected chi connectivity index (χ0v) is 11.5. The van der Waals surface area contributed by atoms with E-state index in [4.69, 9.17) is 5.26 Å². The van der Waals surface area contributed by atoms with Crippen molar-refractivity contribution in [2.45, 2.75) is 45.6 Å². The van der Waals surface area contributed by atoms with Gasteiger partial charge in [0, 0.05) is 18.7 Å². The minimum atomic E-state index is -0.291. The minimum absolute atomic E-state index is 0.291. The Morgan fingerprint density at radius 2 is 2.05 bits per heavy atom. The van der Waals surface area contributed by atoms with Crippen molar-refractivity contribution >= 4 is 0 Å². The number of hydrogen-bond acceptors (Lipinski definition) is 2. The highest BCUT2D eigenvalue weighted by atomic mass is 19.1. The van der Waals surface area contributed by atoms with Gasteiger partial charge in [-0.3, -0.25) is 0 Å². The molecule has 1 aromatic rings. The molecule has 1 aliphatic rings. The number of rotatable bonds is 4. The SMILES string of the molecule is CC1(CNCc2ccc(C#N)cc2F)CCCCC1. The Kier molecular flexibility index (Phi) is 4.55. The Morgan fingerprint density at radius 3 is 2.68 bits per heavy atom. The fourth-order valence-corrected chi connectivity index (χ4v) is 2.84. The van der Waals surface area contributed by atoms with Crippen molar-refractivity contribution in [1.82, 2.24) is 5.32 Å². The Morgan fingerprint density at radius 1 is 1.32 bits per heavy atom. The highest BCUT2D eigenvalue weighted by Crippen LogP contribution is 2.34. The Balaban J connectivity index is 1.87. The average Bonchev–Trinajstić information content (AvgIpc) is 2.41. The molecule has 0 saturated heterocycles. The summed E-state index contributed by atoms with van der Waals surface area (Å²) in [5.41, 5.74) is 1.38. The normalized spacial score (nSPS) is 17.9. The number of nitrogens with zero attached hydrogens (tertiary/aromatic N) is 1. The summed E-state index contributed by atoms with van der Waals surface area (Å²) in [7, 11) is 0. The van der Waals surface area contributed by atoms with E-state index in [0.717, 1.165) is 6.54 Å². The van der Waals surface area contributed by atoms with Gasteiger partial charge in [-0.25, -0.2) is 4.39 Å². The smallest absolute Gasteiger partial charge is 0.129 e. The molecule has 1 aliphatic carbocycles. The molecular weight excluding hydrogens is 239 g/mol. The van der Waals surface area contributed by atoms with E-state index in [9.17, 15) is 4.39 Å². The molecule has 0 radical (unpaired) electrons. The van der Waals surface area contributed by atoms with Gasteiger partial charge in [-0.05, 0) is 30.4 Å². The van der Waals surface area contributed by atoms with Crippen molar-refractivity contribution in [1.29, 1.82) is 5.26 Å². The van der Waals surface area contributed by atoms with E-state index in [2.05, 4.69) is 12.2 Å². The van der Waals surface area contributed by atoms with Crippen LogP contribution in [-0.4, -0.2) is 6.54 Å². The molecule has 0 aromatic heterocycles. The minimum Gasteiger partial charge on any atom is -0.312 e. The topological polar surface area (TPSA) is 35.8 Å². The molecular formula is C16H21FN2. The first-order valence-electron chi connectivity index (χ1n) is 7.02. The van der Waals surface area contributed by atoms with Crippen LogP contribution in [0.25, 0.3) is 0 Å². The molecule has 1 aromatic carbocycles. The fraction of sp³-hybridized carbons (Fsp3) is 0.562. The van der Waals surface area contributed by atoms with Gasteiger partial charge in [0.25, 0.3) is 0 Å². The summed E-state index contributed by atoms with van der Waals surface area (Å²) in [6, 6.07) is 6.62. The molecule has 0 spiro atoms. The third kappa shape index (κ3) is 3.78. The van der Waals surface area contributed by atoms with E-state index in [1.54, 1.807) is 12.1 Å². The molecule has 0 heterocycles. The lowest BCUT2D eigenvalue weighted by atomic mass is 9.76. The van der Waals surface area contributed by atoms with Gasteiger partial charge >= 0.3 is 0 Å². The molecule has 1 fully saturated rings. The summed E-state index contributed by atoms with van der Waals surface area (Å²) in [5.74, 6) is -0.291. The van der Waals surface area contributed by atoms with E-state index in [-0.39, 0.29) is 5.82 Å². The van der Waals surface area contributed by atoms with Gasteiger partial charge in [0.15, 0.2) is 0 Å². The molecule has 0 unspecified atom stereocenters. The first kappa shape index (κ1) is 14.0. The van der Waals surface area contributed by atoms with E-state index in [1.807, 2.05) is 6.07 Å². The maximum absolute atomic E-state index is 13.7. The molecule has 0 amide bonds. The van der Waals surface area contributed by atoms with Gasteiger partial charge in [-0.1, -0.05) is 32.3 Å². The summed E-state index contributed by atoms with van der Waals surface area (Å²) in [5, 5.41) is 12.1. The number of benzene rings is 1. The van der Waals surface area contributed by atoms with Crippen LogP contribution in [0, 0.1) is 22.6 Å². The third-order valence-corrected chi connectivity index (χ3v) is 4.11. The summed E-state index contributed by atoms with van der Waals surface area (Å²) >= 11 is 0. The van der Waals surface area contributed by atoms with E-state index >= 15 is 0 Å². The highest BCUT2D eigenvalue weighted by molar-refractivity contribution is 5.32. The van der Waals surface area contributed by atoms with Gasteiger partial charge in [0.05, 0.1) is 11.6 Å². The average molecular weight is 260 g/mol. The summed E-state index contributed by atoms with van der Waals surface area (Å²) in [6.07, 6.45) is 6.48. The second-order valence-electron chi connectivity index (χ2n) is 5.89. The monoisotopic (exact) mass is 260 g/mol. The van der Waals surface area contributed by atoms with Crippen LogP contribution in [0.5, 0.6) is 0 Å². The molecule has 0 aliphatic heterocycles. The summed E-state index contributed by atoms with van der Waals surface area (Å²) in [4.78, 5) is 0. The van der Waals surface area contributed by atoms with Gasteiger partial charge in [0.2, 0.25) is 0 Å². The van der Waals surface area contributed by atoms with Crippen LogP contribution < -0.4 is 5.32 Å². The summed E-state index contributed by atoms with van der Waals surface area (Å²) in [6.45, 7) is 3.79. The highest BCUT2D eigenvalue weighted by Gasteiger charge is 2.26. The van der Waals surface area contributed by atoms with Crippen LogP contribution in [0.2, 0.25) is 0 Å². The van der Waals surface area contributed by atoms with Crippen molar-refractivity contribution in [2.75, 3.05) is 6.54 Å². The van der Waals surface area contributed by atoms with Crippen LogP contribution in [0.1, 0.15) is 50.2 Å². The molecule has 19 heavy (non-hydrogen) atoms. The first-order chi connectivity index (χ1) is 9.13. The third-order valence-electron chi connectivity index (χ3n) is 4.11. The van der Waals surface area contributed by atoms with Crippen molar-refractivity contribution in [3.05, 3.63) is 35.1 Å². The Labute approximate surface area is 114 Å². The second kappa shape index (κ2) is 6.16. The summed E-state index contributed by atoms with van der Waals surface area (Å²) < 4.78 is 13.7. The lowest BCUT2D eigenvalue weighted by Crippen LogP contribution is -2.33. The number of nitrogens with one attached hydrogen (secondary N) is 1. The molecule has 102 valence electrons. The molecule has 2 rings (SSSR count). The van der Waals surface area contributed by atoms with E-state index < -0.39 is 0 Å². The van der Waals surface area contributed by atoms with Gasteiger partial charge in [-0.15, -0.1) is 0 Å². The second-order valence-corrected chi connectivity index (χ2v) is 5.89. The van der Waals surface area contributed by atoms with Crippen LogP contribution in [-0.2, 0) is 6.54 Å². The Hall–Kier alpha value is -1.40. The van der Waals surface area contributed by atoms with Crippen LogP contribution >= 0.6 is 0 Å². The largest absolute Gasteiger partial charge is 0.312 e. The molecule has 1 N–H and O–H groups in total. The van der Waals surface area contributed by atoms with E-state index in [0.29, 0.717) is 23.1 Å². The first-order valence-corrected chi connectivity index (χ1v) is 7.02. The van der Waals surface area contributed by atoms with Gasteiger partial charge in [0.1, 0.15) is 5.82 Å². The number of hydrogen-bond donors (Lipinski definition) is 1. The quantitative estimate of drug-likeness (QED) is 0.894. The number of halogens is 1. The maximum atomic E-state index is 13.7. The lowest BCUT2D eigenvalue weighted by Gasteiger charge is -2.33.